The smallest absolute Gasteiger partial charge is 0.101 e. The molecule has 2 rings (SSSR count). The zero-order valence-corrected chi connectivity index (χ0v) is 10.8. The van der Waals surface area contributed by atoms with Crippen molar-refractivity contribution < 1.29 is 0 Å². The molecule has 0 radical (unpaired) electrons. The first kappa shape index (κ1) is 11.6. The summed E-state index contributed by atoms with van der Waals surface area (Å²) in [6.45, 7) is 4.00. The SMILES string of the molecule is Cc1cnn(C(c2ccc(Cl)s2)C(C)N)c1. The van der Waals surface area contributed by atoms with Crippen molar-refractivity contribution >= 4 is 22.9 Å². The normalized spacial score (nSPS) is 15.0. The Balaban J connectivity index is 2.38. The summed E-state index contributed by atoms with van der Waals surface area (Å²) in [7, 11) is 0. The molecule has 3 nitrogen and oxygen atoms in total. The highest BCUT2D eigenvalue weighted by atomic mass is 35.5. The fraction of sp³-hybridized carbons (Fsp3) is 0.364. The van der Waals surface area contributed by atoms with Crippen LogP contribution in [0.5, 0.6) is 0 Å². The van der Waals surface area contributed by atoms with Gasteiger partial charge >= 0.3 is 0 Å². The van der Waals surface area contributed by atoms with Crippen LogP contribution in [-0.4, -0.2) is 15.8 Å². The number of thiophene rings is 1. The largest absolute Gasteiger partial charge is 0.326 e. The Morgan fingerprint density at radius 2 is 2.25 bits per heavy atom. The molecule has 0 saturated carbocycles. The Labute approximate surface area is 104 Å². The number of aryl methyl sites for hydroxylation is 1. The number of rotatable bonds is 3. The monoisotopic (exact) mass is 255 g/mol. The zero-order valence-electron chi connectivity index (χ0n) is 9.22. The maximum Gasteiger partial charge on any atom is 0.101 e. The predicted molar refractivity (Wildman–Crippen MR) is 68.1 cm³/mol. The van der Waals surface area contributed by atoms with Gasteiger partial charge in [0.15, 0.2) is 0 Å². The van der Waals surface area contributed by atoms with E-state index in [4.69, 9.17) is 17.3 Å². The van der Waals surface area contributed by atoms with Crippen molar-refractivity contribution in [1.29, 1.82) is 0 Å². The Hall–Kier alpha value is -0.840. The second-order valence-electron chi connectivity index (χ2n) is 3.94. The van der Waals surface area contributed by atoms with Gasteiger partial charge in [0, 0.05) is 17.1 Å². The van der Waals surface area contributed by atoms with Crippen LogP contribution >= 0.6 is 22.9 Å². The Morgan fingerprint density at radius 1 is 1.50 bits per heavy atom. The highest BCUT2D eigenvalue weighted by molar-refractivity contribution is 7.16. The number of nitrogens with two attached hydrogens (primary N) is 1. The molecule has 5 heteroatoms. The van der Waals surface area contributed by atoms with Crippen molar-refractivity contribution in [3.8, 4) is 0 Å². The van der Waals surface area contributed by atoms with Crippen LogP contribution in [0, 0.1) is 6.92 Å². The van der Waals surface area contributed by atoms with Gasteiger partial charge in [0.1, 0.15) is 6.04 Å². The number of nitrogens with zero attached hydrogens (tertiary/aromatic N) is 2. The van der Waals surface area contributed by atoms with E-state index in [1.165, 1.54) is 0 Å². The van der Waals surface area contributed by atoms with Crippen LogP contribution in [0.4, 0.5) is 0 Å². The lowest BCUT2D eigenvalue weighted by Gasteiger charge is -2.19. The van der Waals surface area contributed by atoms with E-state index in [0.29, 0.717) is 0 Å². The quantitative estimate of drug-likeness (QED) is 0.917. The summed E-state index contributed by atoms with van der Waals surface area (Å²) in [6.07, 6.45) is 3.84. The van der Waals surface area contributed by atoms with Gasteiger partial charge in [-0.2, -0.15) is 5.10 Å². The minimum absolute atomic E-state index is 0.00554. The van der Waals surface area contributed by atoms with Gasteiger partial charge in [-0.25, -0.2) is 0 Å². The molecule has 16 heavy (non-hydrogen) atoms. The summed E-state index contributed by atoms with van der Waals surface area (Å²) in [4.78, 5) is 1.14. The van der Waals surface area contributed by atoms with E-state index in [9.17, 15) is 0 Å². The first-order valence-electron chi connectivity index (χ1n) is 5.09. The fourth-order valence-electron chi connectivity index (χ4n) is 1.70. The Morgan fingerprint density at radius 3 is 2.69 bits per heavy atom. The van der Waals surface area contributed by atoms with Crippen LogP contribution in [0.15, 0.2) is 24.5 Å². The molecule has 0 bridgehead atoms. The first-order valence-corrected chi connectivity index (χ1v) is 6.29. The average Bonchev–Trinajstić information content (AvgIpc) is 2.76. The van der Waals surface area contributed by atoms with Crippen LogP contribution in [0.25, 0.3) is 0 Å². The molecule has 0 aliphatic rings. The van der Waals surface area contributed by atoms with Crippen molar-refractivity contribution in [3.05, 3.63) is 39.3 Å². The summed E-state index contributed by atoms with van der Waals surface area (Å²) in [6, 6.07) is 3.96. The third-order valence-corrected chi connectivity index (χ3v) is 3.70. The molecule has 2 heterocycles. The maximum atomic E-state index is 6.02. The van der Waals surface area contributed by atoms with Crippen LogP contribution < -0.4 is 5.73 Å². The number of hydrogen-bond donors (Lipinski definition) is 1. The maximum absolute atomic E-state index is 6.02. The van der Waals surface area contributed by atoms with E-state index >= 15 is 0 Å². The molecule has 0 aromatic carbocycles. The van der Waals surface area contributed by atoms with Gasteiger partial charge in [-0.15, -0.1) is 11.3 Å². The molecule has 0 amide bonds. The molecule has 2 aromatic rings. The van der Waals surface area contributed by atoms with E-state index in [1.807, 2.05) is 43.1 Å². The van der Waals surface area contributed by atoms with Crippen molar-refractivity contribution in [2.75, 3.05) is 0 Å². The lowest BCUT2D eigenvalue weighted by atomic mass is 10.1. The summed E-state index contributed by atoms with van der Waals surface area (Å²) < 4.78 is 2.69. The molecule has 0 aliphatic carbocycles. The van der Waals surface area contributed by atoms with E-state index in [1.54, 1.807) is 11.3 Å². The average molecular weight is 256 g/mol. The van der Waals surface area contributed by atoms with Crippen LogP contribution in [-0.2, 0) is 0 Å². The molecule has 2 atom stereocenters. The molecule has 2 aromatic heterocycles. The minimum Gasteiger partial charge on any atom is -0.326 e. The van der Waals surface area contributed by atoms with Crippen molar-refractivity contribution in [1.82, 2.24) is 9.78 Å². The fourth-order valence-corrected chi connectivity index (χ4v) is 2.97. The summed E-state index contributed by atoms with van der Waals surface area (Å²) in [5, 5.41) is 4.32. The topological polar surface area (TPSA) is 43.8 Å². The molecule has 2 unspecified atom stereocenters. The molecule has 0 aliphatic heterocycles. The van der Waals surface area contributed by atoms with E-state index in [-0.39, 0.29) is 12.1 Å². The predicted octanol–water partition coefficient (Wildman–Crippen LogP) is 2.84. The summed E-state index contributed by atoms with van der Waals surface area (Å²) in [5.74, 6) is 0. The minimum atomic E-state index is -0.00554. The van der Waals surface area contributed by atoms with Crippen molar-refractivity contribution in [2.45, 2.75) is 25.9 Å². The molecule has 2 N–H and O–H groups in total. The molecular formula is C11H14ClN3S. The van der Waals surface area contributed by atoms with Crippen LogP contribution in [0.1, 0.15) is 23.4 Å². The Bertz CT molecular complexity index is 435. The van der Waals surface area contributed by atoms with Crippen LogP contribution in [0.2, 0.25) is 4.34 Å². The molecule has 0 fully saturated rings. The van der Waals surface area contributed by atoms with Crippen molar-refractivity contribution in [2.24, 2.45) is 5.73 Å². The lowest BCUT2D eigenvalue weighted by Crippen LogP contribution is -2.29. The third kappa shape index (κ3) is 2.29. The number of aromatic nitrogens is 2. The van der Waals surface area contributed by atoms with Gasteiger partial charge < -0.3 is 5.73 Å². The lowest BCUT2D eigenvalue weighted by molar-refractivity contribution is 0.460. The zero-order chi connectivity index (χ0) is 11.7. The van der Waals surface area contributed by atoms with Crippen LogP contribution in [0.3, 0.4) is 0 Å². The van der Waals surface area contributed by atoms with E-state index < -0.39 is 0 Å². The van der Waals surface area contributed by atoms with Gasteiger partial charge in [0.05, 0.1) is 10.5 Å². The number of hydrogen-bond acceptors (Lipinski definition) is 3. The standard InChI is InChI=1S/C11H14ClN3S/c1-7-5-14-15(6-7)11(8(2)13)9-3-4-10(12)16-9/h3-6,8,11H,13H2,1-2H3. The second kappa shape index (κ2) is 4.57. The Kier molecular flexibility index (Phi) is 3.33. The third-order valence-electron chi connectivity index (χ3n) is 2.40. The van der Waals surface area contributed by atoms with Gasteiger partial charge in [0.25, 0.3) is 0 Å². The van der Waals surface area contributed by atoms with Gasteiger partial charge in [-0.3, -0.25) is 4.68 Å². The van der Waals surface area contributed by atoms with Crippen molar-refractivity contribution in [3.63, 3.8) is 0 Å². The number of halogens is 1. The molecular weight excluding hydrogens is 242 g/mol. The molecule has 86 valence electrons. The highest BCUT2D eigenvalue weighted by Gasteiger charge is 2.20. The van der Waals surface area contributed by atoms with Gasteiger partial charge in [-0.1, -0.05) is 11.6 Å². The molecule has 0 saturated heterocycles. The second-order valence-corrected chi connectivity index (χ2v) is 5.69. The summed E-state index contributed by atoms with van der Waals surface area (Å²) >= 11 is 7.50. The summed E-state index contributed by atoms with van der Waals surface area (Å²) in [5.41, 5.74) is 7.15. The van der Waals surface area contributed by atoms with E-state index in [2.05, 4.69) is 5.10 Å². The van der Waals surface area contributed by atoms with Gasteiger partial charge in [0.2, 0.25) is 0 Å². The first-order chi connectivity index (χ1) is 7.58. The highest BCUT2D eigenvalue weighted by Crippen LogP contribution is 2.30. The molecule has 0 spiro atoms. The van der Waals surface area contributed by atoms with Gasteiger partial charge in [-0.05, 0) is 31.5 Å². The van der Waals surface area contributed by atoms with E-state index in [0.717, 1.165) is 14.8 Å².